The maximum atomic E-state index is 4.45. The summed E-state index contributed by atoms with van der Waals surface area (Å²) in [5, 5.41) is 0. The van der Waals surface area contributed by atoms with Crippen molar-refractivity contribution in [3.05, 3.63) is 0 Å². The first-order valence-electron chi connectivity index (χ1n) is 6.01. The molecule has 0 radical (unpaired) electrons. The van der Waals surface area contributed by atoms with Crippen molar-refractivity contribution in [3.63, 3.8) is 0 Å². The van der Waals surface area contributed by atoms with Crippen LogP contribution in [0.25, 0.3) is 0 Å². The van der Waals surface area contributed by atoms with Crippen LogP contribution in [0.5, 0.6) is 0 Å². The lowest BCUT2D eigenvalue weighted by Crippen LogP contribution is -2.22. The first-order chi connectivity index (χ1) is 6.40. The SMILES string of the molecule is SCC1CCCC(C2CCCC2)C1. The predicted molar refractivity (Wildman–Crippen MR) is 61.3 cm³/mol. The summed E-state index contributed by atoms with van der Waals surface area (Å²) < 4.78 is 0. The van der Waals surface area contributed by atoms with Gasteiger partial charge in [0.2, 0.25) is 0 Å². The molecule has 2 unspecified atom stereocenters. The molecular formula is C12H22S. The molecule has 0 heterocycles. The summed E-state index contributed by atoms with van der Waals surface area (Å²) in [5.74, 6) is 4.25. The van der Waals surface area contributed by atoms with E-state index < -0.39 is 0 Å². The molecule has 0 nitrogen and oxygen atoms in total. The molecule has 2 fully saturated rings. The van der Waals surface area contributed by atoms with Crippen molar-refractivity contribution in [3.8, 4) is 0 Å². The van der Waals surface area contributed by atoms with Crippen molar-refractivity contribution in [2.45, 2.75) is 51.4 Å². The van der Waals surface area contributed by atoms with Gasteiger partial charge >= 0.3 is 0 Å². The minimum Gasteiger partial charge on any atom is -0.179 e. The monoisotopic (exact) mass is 198 g/mol. The Hall–Kier alpha value is 0.350. The number of hydrogen-bond donors (Lipinski definition) is 1. The van der Waals surface area contributed by atoms with Crippen LogP contribution in [0.1, 0.15) is 51.4 Å². The van der Waals surface area contributed by atoms with E-state index in [2.05, 4.69) is 12.6 Å². The summed E-state index contributed by atoms with van der Waals surface area (Å²) in [6.07, 6.45) is 12.0. The molecular weight excluding hydrogens is 176 g/mol. The fraction of sp³-hybridized carbons (Fsp3) is 1.00. The lowest BCUT2D eigenvalue weighted by atomic mass is 9.75. The van der Waals surface area contributed by atoms with Crippen LogP contribution in [0, 0.1) is 17.8 Å². The molecule has 1 heteroatoms. The van der Waals surface area contributed by atoms with Gasteiger partial charge in [-0.25, -0.2) is 0 Å². The highest BCUT2D eigenvalue weighted by Crippen LogP contribution is 2.41. The van der Waals surface area contributed by atoms with E-state index in [0.29, 0.717) is 0 Å². The Morgan fingerprint density at radius 3 is 2.23 bits per heavy atom. The molecule has 0 aromatic rings. The highest BCUT2D eigenvalue weighted by molar-refractivity contribution is 7.80. The topological polar surface area (TPSA) is 0 Å². The van der Waals surface area contributed by atoms with Crippen LogP contribution < -0.4 is 0 Å². The molecule has 0 amide bonds. The molecule has 13 heavy (non-hydrogen) atoms. The Morgan fingerprint density at radius 2 is 1.54 bits per heavy atom. The van der Waals surface area contributed by atoms with Gasteiger partial charge in [0.1, 0.15) is 0 Å². The predicted octanol–water partition coefficient (Wildman–Crippen LogP) is 3.91. The van der Waals surface area contributed by atoms with Crippen LogP contribution in [-0.4, -0.2) is 5.75 Å². The van der Waals surface area contributed by atoms with E-state index in [1.54, 1.807) is 0 Å². The van der Waals surface area contributed by atoms with Crippen molar-refractivity contribution in [2.24, 2.45) is 17.8 Å². The fourth-order valence-corrected chi connectivity index (χ4v) is 3.69. The third-order valence-corrected chi connectivity index (χ3v) is 4.66. The largest absolute Gasteiger partial charge is 0.179 e. The van der Waals surface area contributed by atoms with E-state index in [4.69, 9.17) is 0 Å². The van der Waals surface area contributed by atoms with E-state index >= 15 is 0 Å². The molecule has 2 rings (SSSR count). The zero-order valence-corrected chi connectivity index (χ0v) is 9.44. The Labute approximate surface area is 87.9 Å². The highest BCUT2D eigenvalue weighted by atomic mass is 32.1. The average Bonchev–Trinajstić information content (AvgIpc) is 2.71. The zero-order chi connectivity index (χ0) is 9.10. The van der Waals surface area contributed by atoms with Gasteiger partial charge in [0.05, 0.1) is 0 Å². The van der Waals surface area contributed by atoms with Gasteiger partial charge in [-0.2, -0.15) is 12.6 Å². The van der Waals surface area contributed by atoms with Crippen molar-refractivity contribution < 1.29 is 0 Å². The van der Waals surface area contributed by atoms with Gasteiger partial charge in [-0.05, 0) is 36.3 Å². The first-order valence-corrected chi connectivity index (χ1v) is 6.64. The quantitative estimate of drug-likeness (QED) is 0.639. The van der Waals surface area contributed by atoms with E-state index in [-0.39, 0.29) is 0 Å². The van der Waals surface area contributed by atoms with Crippen molar-refractivity contribution >= 4 is 12.6 Å². The lowest BCUT2D eigenvalue weighted by Gasteiger charge is -2.32. The van der Waals surface area contributed by atoms with Crippen LogP contribution in [0.4, 0.5) is 0 Å². The van der Waals surface area contributed by atoms with Crippen LogP contribution in [0.2, 0.25) is 0 Å². The van der Waals surface area contributed by atoms with Gasteiger partial charge in [0, 0.05) is 0 Å². The lowest BCUT2D eigenvalue weighted by molar-refractivity contribution is 0.209. The molecule has 0 spiro atoms. The first kappa shape index (κ1) is 9.89. The molecule has 76 valence electrons. The molecule has 2 saturated carbocycles. The van der Waals surface area contributed by atoms with Gasteiger partial charge in [-0.15, -0.1) is 0 Å². The summed E-state index contributed by atoms with van der Waals surface area (Å²) in [6.45, 7) is 0. The minimum absolute atomic E-state index is 0.947. The second kappa shape index (κ2) is 4.72. The second-order valence-electron chi connectivity index (χ2n) is 5.02. The number of rotatable bonds is 2. The fourth-order valence-electron chi connectivity index (χ4n) is 3.36. The van der Waals surface area contributed by atoms with Crippen molar-refractivity contribution in [1.29, 1.82) is 0 Å². The Bertz CT molecular complexity index is 149. The standard InChI is InChI=1S/C12H22S/c13-9-10-4-3-7-12(8-10)11-5-1-2-6-11/h10-13H,1-9H2. The van der Waals surface area contributed by atoms with Crippen LogP contribution in [0.15, 0.2) is 0 Å². The maximum absolute atomic E-state index is 4.45. The molecule has 2 aliphatic rings. The normalized spacial score (nSPS) is 36.7. The molecule has 0 bridgehead atoms. The smallest absolute Gasteiger partial charge is 0.00694 e. The molecule has 2 atom stereocenters. The summed E-state index contributed by atoms with van der Waals surface area (Å²) >= 11 is 4.45. The van der Waals surface area contributed by atoms with Crippen LogP contribution in [-0.2, 0) is 0 Å². The summed E-state index contributed by atoms with van der Waals surface area (Å²) in [4.78, 5) is 0. The minimum atomic E-state index is 0.947. The third kappa shape index (κ3) is 2.43. The Morgan fingerprint density at radius 1 is 0.846 bits per heavy atom. The molecule has 0 aromatic carbocycles. The van der Waals surface area contributed by atoms with Gasteiger partial charge in [-0.1, -0.05) is 38.5 Å². The van der Waals surface area contributed by atoms with E-state index in [9.17, 15) is 0 Å². The van der Waals surface area contributed by atoms with Gasteiger partial charge in [0.15, 0.2) is 0 Å². The molecule has 0 aromatic heterocycles. The summed E-state index contributed by atoms with van der Waals surface area (Å²) in [7, 11) is 0. The van der Waals surface area contributed by atoms with E-state index in [0.717, 1.165) is 23.5 Å². The zero-order valence-electron chi connectivity index (χ0n) is 8.54. The van der Waals surface area contributed by atoms with Crippen LogP contribution >= 0.6 is 12.6 Å². The molecule has 0 N–H and O–H groups in total. The second-order valence-corrected chi connectivity index (χ2v) is 5.38. The Balaban J connectivity index is 1.84. The van der Waals surface area contributed by atoms with Crippen molar-refractivity contribution in [1.82, 2.24) is 0 Å². The molecule has 0 aliphatic heterocycles. The Kier molecular flexibility index (Phi) is 3.59. The maximum Gasteiger partial charge on any atom is -0.00694 e. The summed E-state index contributed by atoms with van der Waals surface area (Å²) in [5.41, 5.74) is 0. The van der Waals surface area contributed by atoms with Gasteiger partial charge < -0.3 is 0 Å². The van der Waals surface area contributed by atoms with Crippen molar-refractivity contribution in [2.75, 3.05) is 5.75 Å². The van der Waals surface area contributed by atoms with E-state index in [1.807, 2.05) is 0 Å². The molecule has 0 saturated heterocycles. The molecule has 2 aliphatic carbocycles. The van der Waals surface area contributed by atoms with Gasteiger partial charge in [0.25, 0.3) is 0 Å². The van der Waals surface area contributed by atoms with E-state index in [1.165, 1.54) is 51.4 Å². The third-order valence-electron chi connectivity index (χ3n) is 4.15. The number of thiol groups is 1. The van der Waals surface area contributed by atoms with Gasteiger partial charge in [-0.3, -0.25) is 0 Å². The summed E-state index contributed by atoms with van der Waals surface area (Å²) in [6, 6.07) is 0. The average molecular weight is 198 g/mol. The number of hydrogen-bond acceptors (Lipinski definition) is 1. The highest BCUT2D eigenvalue weighted by Gasteiger charge is 2.29. The van der Waals surface area contributed by atoms with Crippen LogP contribution in [0.3, 0.4) is 0 Å².